The Bertz CT molecular complexity index is 1180. The molecule has 3 aromatic carbocycles. The Hall–Kier alpha value is -3.88. The monoisotopic (exact) mass is 489 g/mol. The molecule has 0 saturated heterocycles. The van der Waals surface area contributed by atoms with Crippen LogP contribution in [0.5, 0.6) is 5.75 Å². The Morgan fingerprint density at radius 2 is 1.60 bits per heavy atom. The van der Waals surface area contributed by atoms with Crippen LogP contribution >= 0.6 is 0 Å². The maximum Gasteiger partial charge on any atom is 0.573 e. The van der Waals surface area contributed by atoms with E-state index in [1.54, 1.807) is 36.4 Å². The van der Waals surface area contributed by atoms with Gasteiger partial charge in [0.05, 0.1) is 6.42 Å². The van der Waals surface area contributed by atoms with Crippen LogP contribution in [0.25, 0.3) is 11.1 Å². The molecule has 1 amide bonds. The summed E-state index contributed by atoms with van der Waals surface area (Å²) >= 11 is 0. The Kier molecular flexibility index (Phi) is 8.11. The number of amides is 1. The smallest absolute Gasteiger partial charge is 0.481 e. The second-order valence-corrected chi connectivity index (χ2v) is 8.01. The molecule has 0 saturated carbocycles. The molecular formula is C26H23F4NO4. The Morgan fingerprint density at radius 1 is 0.971 bits per heavy atom. The van der Waals surface area contributed by atoms with Gasteiger partial charge >= 0.3 is 12.3 Å². The van der Waals surface area contributed by atoms with Crippen molar-refractivity contribution in [3.63, 3.8) is 0 Å². The van der Waals surface area contributed by atoms with Gasteiger partial charge in [0, 0.05) is 12.1 Å². The van der Waals surface area contributed by atoms with Crippen LogP contribution in [0, 0.1) is 5.82 Å². The van der Waals surface area contributed by atoms with E-state index in [1.165, 1.54) is 30.3 Å². The number of hydrogen-bond acceptors (Lipinski definition) is 3. The lowest BCUT2D eigenvalue weighted by Gasteiger charge is -2.15. The highest BCUT2D eigenvalue weighted by Gasteiger charge is 2.31. The number of aliphatic carboxylic acids is 1. The number of rotatable bonds is 9. The molecule has 0 aliphatic carbocycles. The van der Waals surface area contributed by atoms with E-state index < -0.39 is 18.1 Å². The molecule has 2 N–H and O–H groups in total. The first-order valence-corrected chi connectivity index (χ1v) is 10.8. The standard InChI is InChI=1S/C26H23F4NO4/c1-16(14-17-2-4-19(5-3-17)25(34)31-13-12-24(32)33)22-15-20(8-11-23(22)27)18-6-9-21(10-7-18)35-26(28,29)30/h2-11,15-16H,12-14H2,1H3,(H,31,34)(H,32,33). The van der Waals surface area contributed by atoms with E-state index in [0.29, 0.717) is 28.7 Å². The average Bonchev–Trinajstić information content (AvgIpc) is 2.79. The van der Waals surface area contributed by atoms with E-state index in [4.69, 9.17) is 5.11 Å². The minimum atomic E-state index is -4.78. The Morgan fingerprint density at radius 3 is 2.20 bits per heavy atom. The predicted octanol–water partition coefficient (Wildman–Crippen LogP) is 5.94. The first-order valence-electron chi connectivity index (χ1n) is 10.8. The summed E-state index contributed by atoms with van der Waals surface area (Å²) in [7, 11) is 0. The van der Waals surface area contributed by atoms with Crippen LogP contribution in [0.3, 0.4) is 0 Å². The Labute approximate surface area is 199 Å². The molecule has 184 valence electrons. The summed E-state index contributed by atoms with van der Waals surface area (Å²) < 4.78 is 55.6. The maximum absolute atomic E-state index is 14.6. The lowest BCUT2D eigenvalue weighted by molar-refractivity contribution is -0.274. The van der Waals surface area contributed by atoms with Gasteiger partial charge in [0.1, 0.15) is 11.6 Å². The van der Waals surface area contributed by atoms with Crippen molar-refractivity contribution in [3.05, 3.63) is 89.2 Å². The number of ether oxygens (including phenoxy) is 1. The van der Waals surface area contributed by atoms with E-state index in [9.17, 15) is 27.2 Å². The summed E-state index contributed by atoms with van der Waals surface area (Å²) in [6, 6.07) is 16.7. The van der Waals surface area contributed by atoms with E-state index in [-0.39, 0.29) is 30.5 Å². The van der Waals surface area contributed by atoms with Gasteiger partial charge in [0.2, 0.25) is 0 Å². The van der Waals surface area contributed by atoms with Gasteiger partial charge in [-0.15, -0.1) is 13.2 Å². The molecule has 0 aliphatic rings. The van der Waals surface area contributed by atoms with Gasteiger partial charge in [-0.1, -0.05) is 37.3 Å². The number of carbonyl (C=O) groups excluding carboxylic acids is 1. The van der Waals surface area contributed by atoms with Gasteiger partial charge in [0.25, 0.3) is 5.91 Å². The molecule has 1 atom stereocenters. The number of carbonyl (C=O) groups is 2. The summed E-state index contributed by atoms with van der Waals surface area (Å²) in [5.41, 5.74) is 2.98. The lowest BCUT2D eigenvalue weighted by Crippen LogP contribution is -2.25. The molecule has 0 heterocycles. The van der Waals surface area contributed by atoms with Crippen LogP contribution in [0.1, 0.15) is 40.7 Å². The quantitative estimate of drug-likeness (QED) is 0.365. The van der Waals surface area contributed by atoms with Crippen LogP contribution in [0.15, 0.2) is 66.7 Å². The fraction of sp³-hybridized carbons (Fsp3) is 0.231. The van der Waals surface area contributed by atoms with Crippen LogP contribution < -0.4 is 10.1 Å². The molecule has 1 unspecified atom stereocenters. The topological polar surface area (TPSA) is 75.6 Å². The molecule has 0 fully saturated rings. The van der Waals surface area contributed by atoms with Gasteiger partial charge in [-0.2, -0.15) is 0 Å². The summed E-state index contributed by atoms with van der Waals surface area (Å²) in [5, 5.41) is 11.2. The SMILES string of the molecule is CC(Cc1ccc(C(=O)NCCC(=O)O)cc1)c1cc(-c2ccc(OC(F)(F)F)cc2)ccc1F. The highest BCUT2D eigenvalue weighted by molar-refractivity contribution is 5.94. The number of benzene rings is 3. The Balaban J connectivity index is 1.68. The number of hydrogen-bond donors (Lipinski definition) is 2. The third kappa shape index (κ3) is 7.56. The van der Waals surface area contributed by atoms with Crippen LogP contribution in [-0.2, 0) is 11.2 Å². The number of halogens is 4. The molecular weight excluding hydrogens is 466 g/mol. The average molecular weight is 489 g/mol. The van der Waals surface area contributed by atoms with Crippen LogP contribution in [0.2, 0.25) is 0 Å². The van der Waals surface area contributed by atoms with Crippen molar-refractivity contribution in [2.24, 2.45) is 0 Å². The normalized spacial score (nSPS) is 12.1. The van der Waals surface area contributed by atoms with Crippen molar-refractivity contribution in [1.82, 2.24) is 5.32 Å². The van der Waals surface area contributed by atoms with E-state index in [2.05, 4.69) is 10.1 Å². The number of alkyl halides is 3. The number of nitrogens with one attached hydrogen (secondary N) is 1. The van der Waals surface area contributed by atoms with Crippen LogP contribution in [0.4, 0.5) is 17.6 Å². The second kappa shape index (κ2) is 11.0. The van der Waals surface area contributed by atoms with E-state index in [1.807, 2.05) is 6.92 Å². The second-order valence-electron chi connectivity index (χ2n) is 8.01. The lowest BCUT2D eigenvalue weighted by atomic mass is 9.90. The molecule has 0 spiro atoms. The van der Waals surface area contributed by atoms with Crippen molar-refractivity contribution >= 4 is 11.9 Å². The largest absolute Gasteiger partial charge is 0.573 e. The summed E-state index contributed by atoms with van der Waals surface area (Å²) in [6.45, 7) is 1.88. The summed E-state index contributed by atoms with van der Waals surface area (Å²) in [6.07, 6.45) is -4.46. The van der Waals surface area contributed by atoms with Crippen LogP contribution in [-0.4, -0.2) is 29.9 Å². The number of carboxylic acids is 1. The predicted molar refractivity (Wildman–Crippen MR) is 122 cm³/mol. The van der Waals surface area contributed by atoms with Crippen molar-refractivity contribution in [2.75, 3.05) is 6.54 Å². The minimum Gasteiger partial charge on any atom is -0.481 e. The molecule has 3 aromatic rings. The summed E-state index contributed by atoms with van der Waals surface area (Å²) in [5.74, 6) is -2.34. The highest BCUT2D eigenvalue weighted by atomic mass is 19.4. The minimum absolute atomic E-state index is 0.0284. The van der Waals surface area contributed by atoms with E-state index in [0.717, 1.165) is 5.56 Å². The fourth-order valence-electron chi connectivity index (χ4n) is 3.59. The molecule has 5 nitrogen and oxygen atoms in total. The van der Waals surface area contributed by atoms with Crippen molar-refractivity contribution in [2.45, 2.75) is 32.0 Å². The molecule has 9 heteroatoms. The van der Waals surface area contributed by atoms with Gasteiger partial charge in [-0.3, -0.25) is 9.59 Å². The first kappa shape index (κ1) is 25.7. The summed E-state index contributed by atoms with van der Waals surface area (Å²) in [4.78, 5) is 22.6. The van der Waals surface area contributed by atoms with Gasteiger partial charge < -0.3 is 15.2 Å². The van der Waals surface area contributed by atoms with Crippen molar-refractivity contribution in [1.29, 1.82) is 0 Å². The third-order valence-electron chi connectivity index (χ3n) is 5.33. The fourth-order valence-corrected chi connectivity index (χ4v) is 3.59. The van der Waals surface area contributed by atoms with Crippen molar-refractivity contribution in [3.8, 4) is 16.9 Å². The molecule has 0 radical (unpaired) electrons. The highest BCUT2D eigenvalue weighted by Crippen LogP contribution is 2.30. The van der Waals surface area contributed by atoms with Gasteiger partial charge in [0.15, 0.2) is 0 Å². The molecule has 0 bridgehead atoms. The van der Waals surface area contributed by atoms with E-state index >= 15 is 0 Å². The number of carboxylic acid groups (broad SMARTS) is 1. The zero-order valence-electron chi connectivity index (χ0n) is 18.7. The zero-order chi connectivity index (χ0) is 25.6. The van der Waals surface area contributed by atoms with Crippen molar-refractivity contribution < 1.29 is 37.0 Å². The molecule has 3 rings (SSSR count). The van der Waals surface area contributed by atoms with Gasteiger partial charge in [-0.05, 0) is 71.0 Å². The molecule has 0 aliphatic heterocycles. The third-order valence-corrected chi connectivity index (χ3v) is 5.33. The zero-order valence-corrected chi connectivity index (χ0v) is 18.7. The first-order chi connectivity index (χ1) is 16.5. The maximum atomic E-state index is 14.6. The molecule has 35 heavy (non-hydrogen) atoms. The molecule has 0 aromatic heterocycles. The van der Waals surface area contributed by atoms with Gasteiger partial charge in [-0.25, -0.2) is 4.39 Å².